The fraction of sp³-hybridized carbons (Fsp3) is 0.111. The quantitative estimate of drug-likeness (QED) is 0.733. The first-order valence-corrected chi connectivity index (χ1v) is 9.19. The average molecular weight is 372 g/mol. The maximum absolute atomic E-state index is 12.5. The van der Waals surface area contributed by atoms with Crippen molar-refractivity contribution in [3.8, 4) is 0 Å². The van der Waals surface area contributed by atoms with Gasteiger partial charge < -0.3 is 9.73 Å². The molecule has 0 aliphatic carbocycles. The molecule has 1 aromatic heterocycles. The van der Waals surface area contributed by atoms with Gasteiger partial charge in [0.15, 0.2) is 5.76 Å². The summed E-state index contributed by atoms with van der Waals surface area (Å²) in [5.74, 6) is -0.917. The van der Waals surface area contributed by atoms with Crippen molar-refractivity contribution < 1.29 is 22.4 Å². The second-order valence-electron chi connectivity index (χ2n) is 5.69. The Labute approximate surface area is 150 Å². The standard InChI is InChI=1S/C18H16N2O5S/c1-11-15-5-3-4-6-16(15)25-17(11)18(22)19-13-7-9-14(10-8-13)26(23,24)20-12(2)21/h3-10H,1-2H3,(H,19,22)(H,20,21). The number of hydrogen-bond acceptors (Lipinski definition) is 5. The molecule has 0 bridgehead atoms. The first-order chi connectivity index (χ1) is 12.3. The zero-order valence-corrected chi connectivity index (χ0v) is 14.9. The third-order valence-electron chi connectivity index (χ3n) is 3.75. The Hall–Kier alpha value is -3.13. The third kappa shape index (κ3) is 3.45. The lowest BCUT2D eigenvalue weighted by Crippen LogP contribution is -2.28. The van der Waals surface area contributed by atoms with Crippen LogP contribution in [0.3, 0.4) is 0 Å². The van der Waals surface area contributed by atoms with Gasteiger partial charge in [-0.1, -0.05) is 18.2 Å². The number of para-hydroxylation sites is 1. The van der Waals surface area contributed by atoms with E-state index in [1.807, 2.05) is 22.9 Å². The number of benzene rings is 2. The van der Waals surface area contributed by atoms with E-state index in [0.717, 1.165) is 17.9 Å². The first kappa shape index (κ1) is 17.7. The van der Waals surface area contributed by atoms with Gasteiger partial charge in [0.1, 0.15) is 5.58 Å². The number of sulfonamides is 1. The van der Waals surface area contributed by atoms with Crippen molar-refractivity contribution in [3.05, 3.63) is 59.9 Å². The van der Waals surface area contributed by atoms with Crippen molar-refractivity contribution in [2.75, 3.05) is 5.32 Å². The number of carbonyl (C=O) groups is 2. The minimum absolute atomic E-state index is 0.0781. The Morgan fingerprint density at radius 3 is 2.27 bits per heavy atom. The van der Waals surface area contributed by atoms with E-state index in [0.29, 0.717) is 11.3 Å². The Morgan fingerprint density at radius 2 is 1.65 bits per heavy atom. The van der Waals surface area contributed by atoms with Gasteiger partial charge in [0.2, 0.25) is 5.91 Å². The van der Waals surface area contributed by atoms with E-state index in [4.69, 9.17) is 4.42 Å². The third-order valence-corrected chi connectivity index (χ3v) is 5.20. The highest BCUT2D eigenvalue weighted by Crippen LogP contribution is 2.25. The predicted octanol–water partition coefficient (Wildman–Crippen LogP) is 2.82. The molecule has 0 saturated heterocycles. The van der Waals surface area contributed by atoms with Gasteiger partial charge in [-0.3, -0.25) is 9.59 Å². The molecule has 26 heavy (non-hydrogen) atoms. The normalized spacial score (nSPS) is 11.3. The van der Waals surface area contributed by atoms with Crippen molar-refractivity contribution >= 4 is 38.5 Å². The molecule has 3 aromatic rings. The fourth-order valence-corrected chi connectivity index (χ4v) is 3.54. The van der Waals surface area contributed by atoms with Gasteiger partial charge in [0.05, 0.1) is 4.90 Å². The highest BCUT2D eigenvalue weighted by atomic mass is 32.2. The van der Waals surface area contributed by atoms with Crippen molar-refractivity contribution in [2.45, 2.75) is 18.7 Å². The van der Waals surface area contributed by atoms with Gasteiger partial charge in [-0.15, -0.1) is 0 Å². The van der Waals surface area contributed by atoms with E-state index in [9.17, 15) is 18.0 Å². The molecule has 8 heteroatoms. The summed E-state index contributed by atoms with van der Waals surface area (Å²) in [5.41, 5.74) is 1.74. The summed E-state index contributed by atoms with van der Waals surface area (Å²) in [4.78, 5) is 23.3. The van der Waals surface area contributed by atoms with Crippen LogP contribution in [0.25, 0.3) is 11.0 Å². The van der Waals surface area contributed by atoms with Crippen molar-refractivity contribution in [1.29, 1.82) is 0 Å². The van der Waals surface area contributed by atoms with E-state index in [1.165, 1.54) is 24.3 Å². The molecule has 2 N–H and O–H groups in total. The van der Waals surface area contributed by atoms with Crippen molar-refractivity contribution in [3.63, 3.8) is 0 Å². The number of rotatable bonds is 4. The van der Waals surface area contributed by atoms with Crippen LogP contribution >= 0.6 is 0 Å². The van der Waals surface area contributed by atoms with E-state index in [1.54, 1.807) is 13.0 Å². The molecule has 0 aliphatic heterocycles. The second kappa shape index (κ2) is 6.64. The van der Waals surface area contributed by atoms with Gasteiger partial charge in [0.25, 0.3) is 15.9 Å². The van der Waals surface area contributed by atoms with Crippen LogP contribution in [-0.2, 0) is 14.8 Å². The SMILES string of the molecule is CC(=O)NS(=O)(=O)c1ccc(NC(=O)c2oc3ccccc3c2C)cc1. The molecule has 0 spiro atoms. The number of fused-ring (bicyclic) bond motifs is 1. The molecule has 0 atom stereocenters. The van der Waals surface area contributed by atoms with Gasteiger partial charge in [-0.25, -0.2) is 13.1 Å². The smallest absolute Gasteiger partial charge is 0.291 e. The molecule has 0 saturated carbocycles. The molecule has 3 rings (SSSR count). The molecule has 0 aliphatic rings. The molecule has 1 heterocycles. The van der Waals surface area contributed by atoms with Gasteiger partial charge in [-0.2, -0.15) is 0 Å². The fourth-order valence-electron chi connectivity index (χ4n) is 2.54. The number of amides is 2. The Morgan fingerprint density at radius 1 is 1.00 bits per heavy atom. The maximum Gasteiger partial charge on any atom is 0.291 e. The van der Waals surface area contributed by atoms with Crippen LogP contribution in [0.1, 0.15) is 23.0 Å². The Balaban J connectivity index is 1.81. The minimum Gasteiger partial charge on any atom is -0.451 e. The van der Waals surface area contributed by atoms with Crippen LogP contribution in [-0.4, -0.2) is 20.2 Å². The molecule has 0 fully saturated rings. The molecule has 2 aromatic carbocycles. The Bertz CT molecular complexity index is 1100. The summed E-state index contributed by atoms with van der Waals surface area (Å²) < 4.78 is 31.3. The molecule has 7 nitrogen and oxygen atoms in total. The number of anilines is 1. The van der Waals surface area contributed by atoms with Crippen LogP contribution in [0.4, 0.5) is 5.69 Å². The lowest BCUT2D eigenvalue weighted by Gasteiger charge is -2.07. The van der Waals surface area contributed by atoms with Crippen LogP contribution in [0.5, 0.6) is 0 Å². The lowest BCUT2D eigenvalue weighted by molar-refractivity contribution is -0.117. The largest absolute Gasteiger partial charge is 0.451 e. The molecule has 2 amide bonds. The summed E-state index contributed by atoms with van der Waals surface area (Å²) in [5, 5.41) is 3.52. The summed E-state index contributed by atoms with van der Waals surface area (Å²) >= 11 is 0. The highest BCUT2D eigenvalue weighted by Gasteiger charge is 2.18. The topological polar surface area (TPSA) is 105 Å². The molecular weight excluding hydrogens is 356 g/mol. The van der Waals surface area contributed by atoms with Crippen molar-refractivity contribution in [1.82, 2.24) is 4.72 Å². The summed E-state index contributed by atoms with van der Waals surface area (Å²) in [6, 6.07) is 12.8. The highest BCUT2D eigenvalue weighted by molar-refractivity contribution is 7.90. The maximum atomic E-state index is 12.5. The lowest BCUT2D eigenvalue weighted by atomic mass is 10.1. The summed E-state index contributed by atoms with van der Waals surface area (Å²) in [6.07, 6.45) is 0. The van der Waals surface area contributed by atoms with E-state index in [-0.39, 0.29) is 10.7 Å². The molecular formula is C18H16N2O5S. The monoisotopic (exact) mass is 372 g/mol. The Kier molecular flexibility index (Phi) is 4.52. The van der Waals surface area contributed by atoms with Crippen LogP contribution in [0.15, 0.2) is 57.8 Å². The van der Waals surface area contributed by atoms with Crippen molar-refractivity contribution in [2.24, 2.45) is 0 Å². The van der Waals surface area contributed by atoms with Crippen LogP contribution < -0.4 is 10.0 Å². The van der Waals surface area contributed by atoms with E-state index < -0.39 is 21.8 Å². The average Bonchev–Trinajstić information content (AvgIpc) is 2.92. The summed E-state index contributed by atoms with van der Waals surface area (Å²) in [7, 11) is -3.91. The zero-order chi connectivity index (χ0) is 18.9. The number of aryl methyl sites for hydroxylation is 1. The van der Waals surface area contributed by atoms with Gasteiger partial charge >= 0.3 is 0 Å². The minimum atomic E-state index is -3.91. The second-order valence-corrected chi connectivity index (χ2v) is 7.37. The number of furan rings is 1. The number of nitrogens with one attached hydrogen (secondary N) is 2. The zero-order valence-electron chi connectivity index (χ0n) is 14.1. The summed E-state index contributed by atoms with van der Waals surface area (Å²) in [6.45, 7) is 2.91. The van der Waals surface area contributed by atoms with Crippen LogP contribution in [0, 0.1) is 6.92 Å². The number of hydrogen-bond donors (Lipinski definition) is 2. The predicted molar refractivity (Wildman–Crippen MR) is 96.3 cm³/mol. The van der Waals surface area contributed by atoms with Gasteiger partial charge in [0, 0.05) is 23.6 Å². The van der Waals surface area contributed by atoms with E-state index in [2.05, 4.69) is 5.32 Å². The van der Waals surface area contributed by atoms with Crippen LogP contribution in [0.2, 0.25) is 0 Å². The molecule has 0 unspecified atom stereocenters. The molecule has 0 radical (unpaired) electrons. The van der Waals surface area contributed by atoms with Gasteiger partial charge in [-0.05, 0) is 37.3 Å². The molecule has 134 valence electrons. The van der Waals surface area contributed by atoms with E-state index >= 15 is 0 Å². The number of carbonyl (C=O) groups excluding carboxylic acids is 2. The first-order valence-electron chi connectivity index (χ1n) is 7.71.